The Morgan fingerprint density at radius 1 is 1.44 bits per heavy atom. The van der Waals surface area contributed by atoms with E-state index >= 15 is 0 Å². The van der Waals surface area contributed by atoms with Crippen molar-refractivity contribution in [1.82, 2.24) is 4.31 Å². The highest BCUT2D eigenvalue weighted by Gasteiger charge is 2.36. The van der Waals surface area contributed by atoms with Gasteiger partial charge in [-0.05, 0) is 18.2 Å². The Labute approximate surface area is 94.5 Å². The second-order valence-corrected chi connectivity index (χ2v) is 5.88. The summed E-state index contributed by atoms with van der Waals surface area (Å²) in [5.41, 5.74) is 5.98. The largest absolute Gasteiger partial charge is 0.399 e. The van der Waals surface area contributed by atoms with E-state index in [0.717, 1.165) is 0 Å². The lowest BCUT2D eigenvalue weighted by Crippen LogP contribution is -2.51. The van der Waals surface area contributed by atoms with Crippen molar-refractivity contribution < 1.29 is 13.5 Å². The van der Waals surface area contributed by atoms with Gasteiger partial charge in [0.25, 0.3) is 0 Å². The molecule has 88 valence electrons. The summed E-state index contributed by atoms with van der Waals surface area (Å²) < 4.78 is 25.4. The Balaban J connectivity index is 2.21. The number of hydrogen-bond donors (Lipinski definition) is 2. The minimum atomic E-state index is -3.43. The highest BCUT2D eigenvalue weighted by molar-refractivity contribution is 7.89. The molecule has 0 bridgehead atoms. The number of sulfonamides is 1. The molecule has 0 aliphatic carbocycles. The van der Waals surface area contributed by atoms with E-state index in [1.165, 1.54) is 16.4 Å². The van der Waals surface area contributed by atoms with E-state index < -0.39 is 10.0 Å². The maximum absolute atomic E-state index is 12.0. The van der Waals surface area contributed by atoms with Crippen LogP contribution in [0.5, 0.6) is 0 Å². The van der Waals surface area contributed by atoms with Gasteiger partial charge in [0.15, 0.2) is 0 Å². The number of nitrogens with zero attached hydrogens (tertiary/aromatic N) is 1. The maximum atomic E-state index is 12.0. The van der Waals surface area contributed by atoms with Crippen LogP contribution in [0, 0.1) is 5.92 Å². The second-order valence-electron chi connectivity index (χ2n) is 3.94. The summed E-state index contributed by atoms with van der Waals surface area (Å²) in [4.78, 5) is 0.212. The van der Waals surface area contributed by atoms with Gasteiger partial charge in [-0.25, -0.2) is 8.42 Å². The van der Waals surface area contributed by atoms with Crippen molar-refractivity contribution in [3.63, 3.8) is 0 Å². The van der Waals surface area contributed by atoms with Crippen molar-refractivity contribution >= 4 is 15.7 Å². The monoisotopic (exact) mass is 242 g/mol. The van der Waals surface area contributed by atoms with Crippen molar-refractivity contribution in [2.24, 2.45) is 5.92 Å². The smallest absolute Gasteiger partial charge is 0.243 e. The number of nitrogen functional groups attached to an aromatic ring is 1. The molecule has 1 aromatic carbocycles. The molecule has 0 radical (unpaired) electrons. The SMILES string of the molecule is Nc1cccc(S(=O)(=O)N2CC(CO)C2)c1. The molecule has 1 fully saturated rings. The summed E-state index contributed by atoms with van der Waals surface area (Å²) in [5, 5.41) is 8.84. The average Bonchev–Trinajstić information content (AvgIpc) is 2.15. The summed E-state index contributed by atoms with van der Waals surface area (Å²) >= 11 is 0. The molecule has 5 nitrogen and oxygen atoms in total. The van der Waals surface area contributed by atoms with Gasteiger partial charge in [-0.15, -0.1) is 0 Å². The molecule has 0 unspecified atom stereocenters. The van der Waals surface area contributed by atoms with Crippen LogP contribution in [0.3, 0.4) is 0 Å². The third-order valence-electron chi connectivity index (χ3n) is 2.68. The van der Waals surface area contributed by atoms with E-state index in [9.17, 15) is 8.42 Å². The van der Waals surface area contributed by atoms with Crippen LogP contribution in [-0.4, -0.2) is 37.5 Å². The first-order valence-electron chi connectivity index (χ1n) is 5.00. The maximum Gasteiger partial charge on any atom is 0.243 e. The molecule has 0 saturated carbocycles. The van der Waals surface area contributed by atoms with Crippen LogP contribution in [-0.2, 0) is 10.0 Å². The zero-order valence-corrected chi connectivity index (χ0v) is 9.52. The van der Waals surface area contributed by atoms with Crippen molar-refractivity contribution in [1.29, 1.82) is 0 Å². The summed E-state index contributed by atoms with van der Waals surface area (Å²) in [7, 11) is -3.43. The average molecular weight is 242 g/mol. The van der Waals surface area contributed by atoms with Gasteiger partial charge in [-0.2, -0.15) is 4.31 Å². The van der Waals surface area contributed by atoms with Gasteiger partial charge in [0.2, 0.25) is 10.0 Å². The molecule has 0 spiro atoms. The van der Waals surface area contributed by atoms with Gasteiger partial charge in [-0.1, -0.05) is 6.07 Å². The van der Waals surface area contributed by atoms with Crippen molar-refractivity contribution in [3.8, 4) is 0 Å². The van der Waals surface area contributed by atoms with Gasteiger partial charge in [0, 0.05) is 31.3 Å². The molecule has 1 heterocycles. The van der Waals surface area contributed by atoms with Crippen LogP contribution in [0.2, 0.25) is 0 Å². The molecule has 1 saturated heterocycles. The second kappa shape index (κ2) is 4.04. The zero-order chi connectivity index (χ0) is 11.8. The molecular weight excluding hydrogens is 228 g/mol. The fourth-order valence-electron chi connectivity index (χ4n) is 1.66. The van der Waals surface area contributed by atoms with Crippen LogP contribution in [0.15, 0.2) is 29.2 Å². The fourth-order valence-corrected chi connectivity index (χ4v) is 3.31. The molecule has 0 aromatic heterocycles. The molecule has 1 aliphatic rings. The molecule has 16 heavy (non-hydrogen) atoms. The van der Waals surface area contributed by atoms with Crippen molar-refractivity contribution in [2.75, 3.05) is 25.4 Å². The standard InChI is InChI=1S/C10H14N2O3S/c11-9-2-1-3-10(4-9)16(14,15)12-5-8(6-12)7-13/h1-4,8,13H,5-7,11H2. The minimum Gasteiger partial charge on any atom is -0.399 e. The van der Waals surface area contributed by atoms with E-state index in [-0.39, 0.29) is 17.4 Å². The van der Waals surface area contributed by atoms with Crippen LogP contribution in [0.25, 0.3) is 0 Å². The van der Waals surface area contributed by atoms with Crippen molar-refractivity contribution in [3.05, 3.63) is 24.3 Å². The highest BCUT2D eigenvalue weighted by atomic mass is 32.2. The van der Waals surface area contributed by atoms with Gasteiger partial charge < -0.3 is 10.8 Å². The first-order chi connectivity index (χ1) is 7.54. The molecule has 6 heteroatoms. The van der Waals surface area contributed by atoms with Gasteiger partial charge in [0.1, 0.15) is 0 Å². The Hall–Kier alpha value is -1.11. The van der Waals surface area contributed by atoms with Crippen LogP contribution < -0.4 is 5.73 Å². The third kappa shape index (κ3) is 1.91. The normalized spacial score (nSPS) is 18.3. The zero-order valence-electron chi connectivity index (χ0n) is 8.70. The highest BCUT2D eigenvalue weighted by Crippen LogP contribution is 2.25. The summed E-state index contributed by atoms with van der Waals surface area (Å²) in [6, 6.07) is 6.23. The quantitative estimate of drug-likeness (QED) is 0.724. The molecule has 0 atom stereocenters. The van der Waals surface area contributed by atoms with Crippen LogP contribution >= 0.6 is 0 Å². The van der Waals surface area contributed by atoms with Gasteiger partial charge in [0.05, 0.1) is 4.90 Å². The third-order valence-corrected chi connectivity index (χ3v) is 4.51. The molecule has 1 aromatic rings. The number of anilines is 1. The van der Waals surface area contributed by atoms with E-state index in [2.05, 4.69) is 0 Å². The Bertz CT molecular complexity index is 481. The Morgan fingerprint density at radius 2 is 2.12 bits per heavy atom. The number of benzene rings is 1. The number of nitrogens with two attached hydrogens (primary N) is 1. The predicted octanol–water partition coefficient (Wildman–Crippen LogP) is -0.118. The van der Waals surface area contributed by atoms with E-state index in [4.69, 9.17) is 10.8 Å². The summed E-state index contributed by atoms with van der Waals surface area (Å²) in [5.74, 6) is 0.0656. The fraction of sp³-hybridized carbons (Fsp3) is 0.400. The molecule has 1 aliphatic heterocycles. The molecule has 0 amide bonds. The lowest BCUT2D eigenvalue weighted by molar-refractivity contribution is 0.117. The summed E-state index contributed by atoms with van der Waals surface area (Å²) in [6.07, 6.45) is 0. The molecule has 2 rings (SSSR count). The number of aliphatic hydroxyl groups is 1. The minimum absolute atomic E-state index is 0.0307. The Kier molecular flexibility index (Phi) is 2.88. The first-order valence-corrected chi connectivity index (χ1v) is 6.44. The summed E-state index contributed by atoms with van der Waals surface area (Å²) in [6.45, 7) is 0.796. The predicted molar refractivity (Wildman–Crippen MR) is 60.2 cm³/mol. The van der Waals surface area contributed by atoms with Crippen molar-refractivity contribution in [2.45, 2.75) is 4.90 Å². The van der Waals surface area contributed by atoms with Crippen LogP contribution in [0.4, 0.5) is 5.69 Å². The molecule has 3 N–H and O–H groups in total. The number of rotatable bonds is 3. The van der Waals surface area contributed by atoms with Gasteiger partial charge in [-0.3, -0.25) is 0 Å². The van der Waals surface area contributed by atoms with E-state index in [1.807, 2.05) is 0 Å². The number of aliphatic hydroxyl groups excluding tert-OH is 1. The number of hydrogen-bond acceptors (Lipinski definition) is 4. The van der Waals surface area contributed by atoms with E-state index in [1.54, 1.807) is 12.1 Å². The first kappa shape index (κ1) is 11.4. The topological polar surface area (TPSA) is 83.6 Å². The lowest BCUT2D eigenvalue weighted by atomic mass is 10.1. The van der Waals surface area contributed by atoms with Gasteiger partial charge >= 0.3 is 0 Å². The van der Waals surface area contributed by atoms with E-state index in [0.29, 0.717) is 18.8 Å². The lowest BCUT2D eigenvalue weighted by Gasteiger charge is -2.36. The molecular formula is C10H14N2O3S. The Morgan fingerprint density at radius 3 is 2.69 bits per heavy atom. The van der Waals surface area contributed by atoms with Crippen LogP contribution in [0.1, 0.15) is 0 Å².